The highest BCUT2D eigenvalue weighted by molar-refractivity contribution is 7.99. The molecule has 0 radical (unpaired) electrons. The number of aromatic nitrogens is 3. The van der Waals surface area contributed by atoms with Crippen LogP contribution in [0.15, 0.2) is 28.4 Å². The van der Waals surface area contributed by atoms with Crippen molar-refractivity contribution in [2.45, 2.75) is 23.3 Å². The molecule has 1 atom stereocenters. The molecular weight excluding hydrogens is 364 g/mol. The molecule has 1 aliphatic rings. The summed E-state index contributed by atoms with van der Waals surface area (Å²) in [5.74, 6) is 1.77. The van der Waals surface area contributed by atoms with Crippen LogP contribution in [0.1, 0.15) is 12.1 Å². The monoisotopic (exact) mass is 384 g/mol. The normalized spacial score (nSPS) is 17.0. The van der Waals surface area contributed by atoms with Crippen molar-refractivity contribution in [2.75, 3.05) is 30.3 Å². The van der Waals surface area contributed by atoms with Gasteiger partial charge in [-0.05, 0) is 31.9 Å². The molecule has 6 nitrogen and oxygen atoms in total. The van der Waals surface area contributed by atoms with E-state index in [4.69, 9.17) is 23.1 Å². The van der Waals surface area contributed by atoms with E-state index in [1.54, 1.807) is 6.20 Å². The summed E-state index contributed by atoms with van der Waals surface area (Å²) in [7, 11) is 0. The van der Waals surface area contributed by atoms with Gasteiger partial charge < -0.3 is 16.4 Å². The molecular formula is C15H21ClN6S2. The van der Waals surface area contributed by atoms with Crippen LogP contribution in [-0.2, 0) is 0 Å². The smallest absolute Gasteiger partial charge is 0.147 e. The van der Waals surface area contributed by atoms with Gasteiger partial charge in [0.1, 0.15) is 16.7 Å². The second-order valence-electron chi connectivity index (χ2n) is 5.57. The first kappa shape index (κ1) is 19.1. The Morgan fingerprint density at radius 1 is 1.42 bits per heavy atom. The first-order valence-electron chi connectivity index (χ1n) is 7.45. The number of anilines is 2. The molecule has 0 aromatic carbocycles. The van der Waals surface area contributed by atoms with Crippen molar-refractivity contribution >= 4 is 48.5 Å². The molecule has 3 heterocycles. The van der Waals surface area contributed by atoms with E-state index in [9.17, 15) is 0 Å². The highest BCUT2D eigenvalue weighted by Crippen LogP contribution is 2.35. The Morgan fingerprint density at radius 2 is 2.21 bits per heavy atom. The standard InChI is InChI=1S/C15H19ClN6S.H2S/c1-9-15(23-11-2-4-19-14(18)13(11)16)20-7-12(21-9)22-5-3-10(6-17)8-22;/h2,4,7,10H,3,5-6,8,17H2,1H3,(H2,18,19);1H2/t10-;/m0./s1. The average Bonchev–Trinajstić information content (AvgIpc) is 3.02. The lowest BCUT2D eigenvalue weighted by atomic mass is 10.1. The van der Waals surface area contributed by atoms with Crippen molar-refractivity contribution in [2.24, 2.45) is 11.7 Å². The fourth-order valence-corrected chi connectivity index (χ4v) is 3.63. The van der Waals surface area contributed by atoms with Gasteiger partial charge in [0.05, 0.1) is 16.9 Å². The number of halogens is 1. The molecule has 1 saturated heterocycles. The van der Waals surface area contributed by atoms with Crippen LogP contribution in [0.2, 0.25) is 5.02 Å². The lowest BCUT2D eigenvalue weighted by molar-refractivity contribution is 0.602. The largest absolute Gasteiger partial charge is 0.382 e. The van der Waals surface area contributed by atoms with Crippen molar-refractivity contribution in [3.8, 4) is 0 Å². The lowest BCUT2D eigenvalue weighted by Crippen LogP contribution is -2.23. The van der Waals surface area contributed by atoms with Crippen LogP contribution in [0.25, 0.3) is 0 Å². The van der Waals surface area contributed by atoms with Crippen LogP contribution in [0, 0.1) is 12.8 Å². The van der Waals surface area contributed by atoms with Gasteiger partial charge in [-0.2, -0.15) is 13.5 Å². The number of hydrogen-bond acceptors (Lipinski definition) is 7. The molecule has 0 aliphatic carbocycles. The van der Waals surface area contributed by atoms with Crippen molar-refractivity contribution in [3.63, 3.8) is 0 Å². The van der Waals surface area contributed by atoms with Crippen LogP contribution in [0.3, 0.4) is 0 Å². The molecule has 9 heteroatoms. The molecule has 0 bridgehead atoms. The van der Waals surface area contributed by atoms with Crippen LogP contribution in [0.4, 0.5) is 11.6 Å². The van der Waals surface area contributed by atoms with Gasteiger partial charge in [0.15, 0.2) is 0 Å². The number of nitrogens with zero attached hydrogens (tertiary/aromatic N) is 4. The molecule has 3 rings (SSSR count). The van der Waals surface area contributed by atoms with Crippen molar-refractivity contribution in [1.29, 1.82) is 0 Å². The second kappa shape index (κ2) is 8.24. The zero-order chi connectivity index (χ0) is 16.4. The SMILES string of the molecule is Cc1nc(N2CC[C@@H](CN)C2)cnc1Sc1ccnc(N)c1Cl.S. The first-order valence-corrected chi connectivity index (χ1v) is 8.64. The van der Waals surface area contributed by atoms with Gasteiger partial charge in [-0.3, -0.25) is 0 Å². The summed E-state index contributed by atoms with van der Waals surface area (Å²) in [6, 6.07) is 1.82. The van der Waals surface area contributed by atoms with Crippen molar-refractivity contribution < 1.29 is 0 Å². The van der Waals surface area contributed by atoms with E-state index in [1.165, 1.54) is 11.8 Å². The number of pyridine rings is 1. The summed E-state index contributed by atoms with van der Waals surface area (Å²) in [6.07, 6.45) is 4.56. The molecule has 2 aromatic rings. The third-order valence-electron chi connectivity index (χ3n) is 3.92. The molecule has 2 aromatic heterocycles. The highest BCUT2D eigenvalue weighted by atomic mass is 35.5. The predicted molar refractivity (Wildman–Crippen MR) is 104 cm³/mol. The predicted octanol–water partition coefficient (Wildman–Crippen LogP) is 2.46. The highest BCUT2D eigenvalue weighted by Gasteiger charge is 2.23. The molecule has 0 saturated carbocycles. The van der Waals surface area contributed by atoms with Crippen LogP contribution in [0.5, 0.6) is 0 Å². The summed E-state index contributed by atoms with van der Waals surface area (Å²) in [4.78, 5) is 16.3. The van der Waals surface area contributed by atoms with Crippen LogP contribution in [-0.4, -0.2) is 34.6 Å². The Labute approximate surface area is 157 Å². The summed E-state index contributed by atoms with van der Waals surface area (Å²) in [5, 5.41) is 1.27. The lowest BCUT2D eigenvalue weighted by Gasteiger charge is -2.18. The van der Waals surface area contributed by atoms with E-state index >= 15 is 0 Å². The van der Waals surface area contributed by atoms with Crippen molar-refractivity contribution in [3.05, 3.63) is 29.2 Å². The van der Waals surface area contributed by atoms with Gasteiger partial charge in [-0.1, -0.05) is 23.4 Å². The summed E-state index contributed by atoms with van der Waals surface area (Å²) in [6.45, 7) is 4.60. The molecule has 24 heavy (non-hydrogen) atoms. The molecule has 4 N–H and O–H groups in total. The minimum atomic E-state index is 0. The van der Waals surface area contributed by atoms with Gasteiger partial charge in [-0.15, -0.1) is 0 Å². The minimum Gasteiger partial charge on any atom is -0.382 e. The van der Waals surface area contributed by atoms with E-state index in [-0.39, 0.29) is 13.5 Å². The van der Waals surface area contributed by atoms with E-state index in [0.29, 0.717) is 16.8 Å². The number of rotatable bonds is 4. The first-order chi connectivity index (χ1) is 11.1. The zero-order valence-corrected chi connectivity index (χ0v) is 15.9. The Hall–Kier alpha value is -1.22. The van der Waals surface area contributed by atoms with E-state index < -0.39 is 0 Å². The fraction of sp³-hybridized carbons (Fsp3) is 0.400. The summed E-state index contributed by atoms with van der Waals surface area (Å²) < 4.78 is 0. The van der Waals surface area contributed by atoms with E-state index in [2.05, 4.69) is 19.9 Å². The Kier molecular flexibility index (Phi) is 6.56. The van der Waals surface area contributed by atoms with Crippen LogP contribution >= 0.6 is 36.9 Å². The molecule has 1 aliphatic heterocycles. The second-order valence-corrected chi connectivity index (χ2v) is 6.97. The molecule has 0 unspecified atom stereocenters. The Morgan fingerprint density at radius 3 is 2.88 bits per heavy atom. The topological polar surface area (TPSA) is 94.0 Å². The van der Waals surface area contributed by atoms with Gasteiger partial charge >= 0.3 is 0 Å². The number of nitrogens with two attached hydrogens (primary N) is 2. The molecule has 130 valence electrons. The molecule has 1 fully saturated rings. The number of aryl methyl sites for hydroxylation is 1. The van der Waals surface area contributed by atoms with Gasteiger partial charge in [0, 0.05) is 24.2 Å². The third-order valence-corrected chi connectivity index (χ3v) is 5.58. The van der Waals surface area contributed by atoms with E-state index in [1.807, 2.05) is 19.2 Å². The maximum Gasteiger partial charge on any atom is 0.147 e. The third kappa shape index (κ3) is 4.05. The van der Waals surface area contributed by atoms with Gasteiger partial charge in [0.2, 0.25) is 0 Å². The Bertz CT molecular complexity index is 714. The van der Waals surface area contributed by atoms with E-state index in [0.717, 1.165) is 47.5 Å². The summed E-state index contributed by atoms with van der Waals surface area (Å²) in [5.41, 5.74) is 12.4. The maximum atomic E-state index is 6.19. The quantitative estimate of drug-likeness (QED) is 0.835. The average molecular weight is 385 g/mol. The van der Waals surface area contributed by atoms with Crippen LogP contribution < -0.4 is 16.4 Å². The number of nitrogen functional groups attached to an aromatic ring is 1. The summed E-state index contributed by atoms with van der Waals surface area (Å²) >= 11 is 7.63. The maximum absolute atomic E-state index is 6.19. The zero-order valence-electron chi connectivity index (χ0n) is 13.4. The minimum absolute atomic E-state index is 0. The Balaban J connectivity index is 0.00000208. The molecule has 0 spiro atoms. The van der Waals surface area contributed by atoms with Gasteiger partial charge in [0.25, 0.3) is 0 Å². The van der Waals surface area contributed by atoms with Crippen molar-refractivity contribution in [1.82, 2.24) is 15.0 Å². The number of hydrogen-bond donors (Lipinski definition) is 2. The fourth-order valence-electron chi connectivity index (χ4n) is 2.57. The van der Waals surface area contributed by atoms with Gasteiger partial charge in [-0.25, -0.2) is 15.0 Å². The molecule has 0 amide bonds.